The number of ether oxygens (including phenoxy) is 1. The van der Waals surface area contributed by atoms with Gasteiger partial charge in [0, 0.05) is 28.5 Å². The van der Waals surface area contributed by atoms with Gasteiger partial charge in [-0.1, -0.05) is 18.2 Å². The Kier molecular flexibility index (Phi) is 3.23. The van der Waals surface area contributed by atoms with E-state index in [2.05, 4.69) is 30.2 Å². The second kappa shape index (κ2) is 5.06. The van der Waals surface area contributed by atoms with Crippen LogP contribution in [0.25, 0.3) is 0 Å². The summed E-state index contributed by atoms with van der Waals surface area (Å²) in [7, 11) is 0. The Labute approximate surface area is 139 Å². The smallest absolute Gasteiger partial charge is 0.224 e. The quantitative estimate of drug-likeness (QED) is 0.941. The number of rotatable bonds is 3. The second-order valence-electron chi connectivity index (χ2n) is 7.09. The van der Waals surface area contributed by atoms with E-state index in [-0.39, 0.29) is 22.8 Å². The van der Waals surface area contributed by atoms with Crippen LogP contribution in [0.5, 0.6) is 5.75 Å². The van der Waals surface area contributed by atoms with Crippen molar-refractivity contribution < 1.29 is 9.53 Å². The summed E-state index contributed by atoms with van der Waals surface area (Å²) in [6.45, 7) is 4.73. The number of hydrogen-bond acceptors (Lipinski definition) is 4. The molecular formula is C18H20N2O2S. The Morgan fingerprint density at radius 2 is 2.26 bits per heavy atom. The van der Waals surface area contributed by atoms with Gasteiger partial charge in [-0.2, -0.15) is 0 Å². The summed E-state index contributed by atoms with van der Waals surface area (Å²) in [5, 5.41) is 5.92. The normalized spacial score (nSPS) is 27.1. The van der Waals surface area contributed by atoms with Gasteiger partial charge in [-0.15, -0.1) is 11.3 Å². The minimum atomic E-state index is -0.237. The molecule has 1 aliphatic heterocycles. The summed E-state index contributed by atoms with van der Waals surface area (Å²) in [6, 6.07) is 8.15. The molecule has 1 amide bonds. The molecule has 1 aromatic carbocycles. The van der Waals surface area contributed by atoms with Crippen LogP contribution in [0.1, 0.15) is 37.3 Å². The van der Waals surface area contributed by atoms with E-state index < -0.39 is 0 Å². The zero-order valence-electron chi connectivity index (χ0n) is 13.3. The average Bonchev–Trinajstić information content (AvgIpc) is 2.96. The Morgan fingerprint density at radius 3 is 3.04 bits per heavy atom. The molecule has 1 aliphatic carbocycles. The van der Waals surface area contributed by atoms with Crippen LogP contribution in [0.4, 0.5) is 0 Å². The molecule has 0 saturated heterocycles. The third kappa shape index (κ3) is 2.53. The molecule has 1 saturated carbocycles. The van der Waals surface area contributed by atoms with Crippen LogP contribution in [0.3, 0.4) is 0 Å². The molecule has 0 radical (unpaired) electrons. The predicted octanol–water partition coefficient (Wildman–Crippen LogP) is 3.28. The minimum absolute atomic E-state index is 0.0341. The number of carbonyl (C=O) groups is 1. The van der Waals surface area contributed by atoms with Gasteiger partial charge in [-0.25, -0.2) is 4.98 Å². The van der Waals surface area contributed by atoms with Gasteiger partial charge in [-0.3, -0.25) is 4.79 Å². The van der Waals surface area contributed by atoms with Crippen molar-refractivity contribution >= 4 is 17.2 Å². The molecule has 4 rings (SSSR count). The van der Waals surface area contributed by atoms with Crippen LogP contribution in [-0.2, 0) is 16.8 Å². The van der Waals surface area contributed by atoms with E-state index in [0.717, 1.165) is 23.6 Å². The zero-order valence-corrected chi connectivity index (χ0v) is 14.2. The maximum Gasteiger partial charge on any atom is 0.224 e. The van der Waals surface area contributed by atoms with Crippen molar-refractivity contribution in [2.24, 2.45) is 5.92 Å². The van der Waals surface area contributed by atoms with E-state index in [1.807, 2.05) is 23.6 Å². The van der Waals surface area contributed by atoms with Gasteiger partial charge in [0.2, 0.25) is 5.91 Å². The first-order chi connectivity index (χ1) is 11.0. The highest BCUT2D eigenvalue weighted by Crippen LogP contribution is 2.63. The number of hydrogen-bond donors (Lipinski definition) is 1. The average molecular weight is 328 g/mol. The lowest BCUT2D eigenvalue weighted by atomic mass is 9.80. The molecule has 2 aliphatic rings. The van der Waals surface area contributed by atoms with Crippen LogP contribution in [-0.4, -0.2) is 16.5 Å². The van der Waals surface area contributed by atoms with Gasteiger partial charge in [0.05, 0.1) is 6.54 Å². The number of amides is 1. The minimum Gasteiger partial charge on any atom is -0.488 e. The molecule has 23 heavy (non-hydrogen) atoms. The van der Waals surface area contributed by atoms with Crippen LogP contribution in [0.2, 0.25) is 0 Å². The maximum absolute atomic E-state index is 12.6. The molecule has 2 atom stereocenters. The predicted molar refractivity (Wildman–Crippen MR) is 89.5 cm³/mol. The summed E-state index contributed by atoms with van der Waals surface area (Å²) < 4.78 is 6.10. The van der Waals surface area contributed by atoms with Gasteiger partial charge in [0.25, 0.3) is 0 Å². The van der Waals surface area contributed by atoms with Gasteiger partial charge in [0.15, 0.2) is 0 Å². The summed E-state index contributed by atoms with van der Waals surface area (Å²) in [5.74, 6) is 1.10. The molecule has 120 valence electrons. The molecule has 4 nitrogen and oxygen atoms in total. The van der Waals surface area contributed by atoms with Crippen LogP contribution >= 0.6 is 11.3 Å². The van der Waals surface area contributed by atoms with Gasteiger partial charge < -0.3 is 10.1 Å². The number of thiazole rings is 1. The van der Waals surface area contributed by atoms with Gasteiger partial charge >= 0.3 is 0 Å². The summed E-state index contributed by atoms with van der Waals surface area (Å²) in [5.41, 5.74) is 0.887. The number of aromatic nitrogens is 1. The zero-order chi connectivity index (χ0) is 16.1. The Morgan fingerprint density at radius 1 is 1.43 bits per heavy atom. The molecule has 1 spiro atoms. The SMILES string of the molecule is CC1(C)C[C@@]2(C[C@@H]2C(=O)NCc2nccs2)c2ccccc2O1. The molecule has 1 aromatic heterocycles. The Bertz CT molecular complexity index is 741. The molecule has 0 unspecified atom stereocenters. The molecule has 0 bridgehead atoms. The molecule has 2 heterocycles. The number of fused-ring (bicyclic) bond motifs is 2. The van der Waals surface area contributed by atoms with E-state index in [1.54, 1.807) is 17.5 Å². The first kappa shape index (κ1) is 14.7. The molecule has 5 heteroatoms. The highest BCUT2D eigenvalue weighted by atomic mass is 32.1. The van der Waals surface area contributed by atoms with Crippen molar-refractivity contribution in [3.05, 3.63) is 46.4 Å². The molecular weight excluding hydrogens is 308 g/mol. The van der Waals surface area contributed by atoms with Crippen molar-refractivity contribution in [1.82, 2.24) is 10.3 Å². The van der Waals surface area contributed by atoms with Crippen molar-refractivity contribution in [2.75, 3.05) is 0 Å². The highest BCUT2D eigenvalue weighted by Gasteiger charge is 2.63. The van der Waals surface area contributed by atoms with E-state index in [1.165, 1.54) is 5.56 Å². The fourth-order valence-electron chi connectivity index (χ4n) is 3.92. The van der Waals surface area contributed by atoms with Crippen molar-refractivity contribution in [1.29, 1.82) is 0 Å². The maximum atomic E-state index is 12.6. The molecule has 1 N–H and O–H groups in total. The van der Waals surface area contributed by atoms with Crippen molar-refractivity contribution in [2.45, 2.75) is 44.2 Å². The summed E-state index contributed by atoms with van der Waals surface area (Å²) in [4.78, 5) is 16.8. The van der Waals surface area contributed by atoms with E-state index >= 15 is 0 Å². The Hall–Kier alpha value is -1.88. The van der Waals surface area contributed by atoms with E-state index in [0.29, 0.717) is 6.54 Å². The van der Waals surface area contributed by atoms with Gasteiger partial charge in [-0.05, 0) is 32.8 Å². The number of nitrogens with one attached hydrogen (secondary N) is 1. The summed E-state index contributed by atoms with van der Waals surface area (Å²) in [6.07, 6.45) is 3.55. The lowest BCUT2D eigenvalue weighted by Crippen LogP contribution is -2.40. The topological polar surface area (TPSA) is 51.2 Å². The van der Waals surface area contributed by atoms with Crippen molar-refractivity contribution in [3.63, 3.8) is 0 Å². The molecule has 1 fully saturated rings. The second-order valence-corrected chi connectivity index (χ2v) is 8.07. The van der Waals surface area contributed by atoms with Crippen LogP contribution in [0, 0.1) is 5.92 Å². The van der Waals surface area contributed by atoms with Crippen LogP contribution < -0.4 is 10.1 Å². The lowest BCUT2D eigenvalue weighted by Gasteiger charge is -2.38. The monoisotopic (exact) mass is 328 g/mol. The first-order valence-corrected chi connectivity index (χ1v) is 8.83. The van der Waals surface area contributed by atoms with Crippen LogP contribution in [0.15, 0.2) is 35.8 Å². The third-order valence-electron chi connectivity index (χ3n) is 4.84. The Balaban J connectivity index is 1.54. The number of para-hydroxylation sites is 1. The summed E-state index contributed by atoms with van der Waals surface area (Å²) >= 11 is 1.57. The lowest BCUT2D eigenvalue weighted by molar-refractivity contribution is -0.123. The standard InChI is InChI=1S/C18H20N2O2S/c1-17(2)11-18(12-5-3-4-6-14(12)22-17)9-13(18)16(21)20-10-15-19-7-8-23-15/h3-8,13H,9-11H2,1-2H3,(H,20,21)/t13-,18+/m1/s1. The number of carbonyl (C=O) groups excluding carboxylic acids is 1. The largest absolute Gasteiger partial charge is 0.488 e. The fourth-order valence-corrected chi connectivity index (χ4v) is 4.48. The van der Waals surface area contributed by atoms with E-state index in [4.69, 9.17) is 4.74 Å². The fraction of sp³-hybridized carbons (Fsp3) is 0.444. The molecule has 2 aromatic rings. The van der Waals surface area contributed by atoms with Crippen molar-refractivity contribution in [3.8, 4) is 5.75 Å². The number of nitrogens with zero attached hydrogens (tertiary/aromatic N) is 1. The highest BCUT2D eigenvalue weighted by molar-refractivity contribution is 7.09. The van der Waals surface area contributed by atoms with Gasteiger partial charge in [0.1, 0.15) is 16.4 Å². The van der Waals surface area contributed by atoms with E-state index in [9.17, 15) is 4.79 Å². The third-order valence-corrected chi connectivity index (χ3v) is 5.62. The first-order valence-electron chi connectivity index (χ1n) is 7.95. The number of benzene rings is 1.